The smallest absolute Gasteiger partial charge is 0.248 e. The van der Waals surface area contributed by atoms with Gasteiger partial charge in [-0.05, 0) is 61.4 Å². The Bertz CT molecular complexity index is 989. The zero-order chi connectivity index (χ0) is 18.7. The number of benzene rings is 2. The normalized spacial score (nSPS) is 11.1. The van der Waals surface area contributed by atoms with Gasteiger partial charge in [0.05, 0.1) is 10.0 Å². The van der Waals surface area contributed by atoms with Crippen LogP contribution in [0.15, 0.2) is 59.0 Å². The fraction of sp³-hybridized carbons (Fsp3) is 0.0952. The number of nitrogens with one attached hydrogen (secondary N) is 1. The van der Waals surface area contributed by atoms with Crippen LogP contribution in [-0.2, 0) is 4.79 Å². The highest BCUT2D eigenvalue weighted by Crippen LogP contribution is 2.34. The fourth-order valence-corrected chi connectivity index (χ4v) is 2.89. The SMILES string of the molecule is Cc1cccc(NC(=O)C=Cc2ccc(-c3cccc(Cl)c3Cl)o2)c1C. The van der Waals surface area contributed by atoms with E-state index in [4.69, 9.17) is 27.6 Å². The van der Waals surface area contributed by atoms with Crippen LogP contribution in [0, 0.1) is 13.8 Å². The van der Waals surface area contributed by atoms with Crippen LogP contribution < -0.4 is 5.32 Å². The van der Waals surface area contributed by atoms with Gasteiger partial charge in [0.2, 0.25) is 5.91 Å². The molecule has 0 spiro atoms. The minimum absolute atomic E-state index is 0.225. The van der Waals surface area contributed by atoms with Crippen molar-refractivity contribution in [3.8, 4) is 11.3 Å². The molecule has 0 saturated carbocycles. The van der Waals surface area contributed by atoms with E-state index in [-0.39, 0.29) is 5.91 Å². The van der Waals surface area contributed by atoms with Crippen LogP contribution in [0.3, 0.4) is 0 Å². The summed E-state index contributed by atoms with van der Waals surface area (Å²) in [7, 11) is 0. The summed E-state index contributed by atoms with van der Waals surface area (Å²) < 4.78 is 5.74. The first kappa shape index (κ1) is 18.3. The van der Waals surface area contributed by atoms with Gasteiger partial charge >= 0.3 is 0 Å². The predicted octanol–water partition coefficient (Wildman–Crippen LogP) is 6.52. The highest BCUT2D eigenvalue weighted by atomic mass is 35.5. The second-order valence-electron chi connectivity index (χ2n) is 5.87. The fourth-order valence-electron chi connectivity index (χ4n) is 2.50. The first-order valence-corrected chi connectivity index (χ1v) is 8.81. The van der Waals surface area contributed by atoms with Crippen molar-refractivity contribution >= 4 is 40.9 Å². The molecule has 1 aromatic heterocycles. The third-order valence-electron chi connectivity index (χ3n) is 4.11. The molecule has 0 atom stereocenters. The molecule has 2 aromatic carbocycles. The molecule has 1 heterocycles. The zero-order valence-electron chi connectivity index (χ0n) is 14.3. The topological polar surface area (TPSA) is 42.2 Å². The summed E-state index contributed by atoms with van der Waals surface area (Å²) in [5.41, 5.74) is 3.68. The number of anilines is 1. The summed E-state index contributed by atoms with van der Waals surface area (Å²) in [5, 5.41) is 3.77. The van der Waals surface area contributed by atoms with Gasteiger partial charge in [-0.15, -0.1) is 0 Å². The van der Waals surface area contributed by atoms with Crippen LogP contribution in [0.2, 0.25) is 10.0 Å². The molecule has 0 fully saturated rings. The number of hydrogen-bond acceptors (Lipinski definition) is 2. The lowest BCUT2D eigenvalue weighted by atomic mass is 10.1. The van der Waals surface area contributed by atoms with E-state index >= 15 is 0 Å². The Labute approximate surface area is 162 Å². The molecule has 0 aliphatic rings. The van der Waals surface area contributed by atoms with Crippen molar-refractivity contribution in [2.24, 2.45) is 0 Å². The Kier molecular flexibility index (Phi) is 5.50. The van der Waals surface area contributed by atoms with Gasteiger partial charge in [0.1, 0.15) is 11.5 Å². The van der Waals surface area contributed by atoms with E-state index < -0.39 is 0 Å². The molecule has 0 aliphatic heterocycles. The summed E-state index contributed by atoms with van der Waals surface area (Å²) in [5.74, 6) is 0.914. The molecule has 0 unspecified atom stereocenters. The molecule has 0 aliphatic carbocycles. The Morgan fingerprint density at radius 3 is 2.62 bits per heavy atom. The third-order valence-corrected chi connectivity index (χ3v) is 4.92. The van der Waals surface area contributed by atoms with E-state index in [9.17, 15) is 4.79 Å². The third kappa shape index (κ3) is 4.01. The molecule has 0 saturated heterocycles. The molecule has 3 aromatic rings. The maximum Gasteiger partial charge on any atom is 0.248 e. The maximum absolute atomic E-state index is 12.1. The van der Waals surface area contributed by atoms with E-state index in [0.717, 1.165) is 16.8 Å². The minimum Gasteiger partial charge on any atom is -0.457 e. The number of rotatable bonds is 4. The van der Waals surface area contributed by atoms with E-state index in [0.29, 0.717) is 27.1 Å². The summed E-state index contributed by atoms with van der Waals surface area (Å²) in [6.07, 6.45) is 3.05. The summed E-state index contributed by atoms with van der Waals surface area (Å²) in [6, 6.07) is 14.7. The molecule has 1 amide bonds. The van der Waals surface area contributed by atoms with Crippen LogP contribution in [0.1, 0.15) is 16.9 Å². The van der Waals surface area contributed by atoms with E-state index in [1.807, 2.05) is 38.1 Å². The quantitative estimate of drug-likeness (QED) is 0.519. The Balaban J connectivity index is 1.73. The molecule has 1 N–H and O–H groups in total. The molecule has 132 valence electrons. The lowest BCUT2D eigenvalue weighted by Crippen LogP contribution is -2.09. The van der Waals surface area contributed by atoms with Crippen molar-refractivity contribution in [1.82, 2.24) is 0 Å². The number of halogens is 2. The number of hydrogen-bond donors (Lipinski definition) is 1. The van der Waals surface area contributed by atoms with Gasteiger partial charge in [0.15, 0.2) is 0 Å². The highest BCUT2D eigenvalue weighted by molar-refractivity contribution is 6.43. The van der Waals surface area contributed by atoms with E-state index in [1.165, 1.54) is 6.08 Å². The van der Waals surface area contributed by atoms with E-state index in [2.05, 4.69) is 5.32 Å². The van der Waals surface area contributed by atoms with Crippen molar-refractivity contribution < 1.29 is 9.21 Å². The molecular weight excluding hydrogens is 369 g/mol. The molecule has 3 rings (SSSR count). The van der Waals surface area contributed by atoms with Crippen LogP contribution in [-0.4, -0.2) is 5.91 Å². The lowest BCUT2D eigenvalue weighted by molar-refractivity contribution is -0.111. The number of amides is 1. The van der Waals surface area contributed by atoms with Crippen LogP contribution in [0.25, 0.3) is 17.4 Å². The largest absolute Gasteiger partial charge is 0.457 e. The van der Waals surface area contributed by atoms with Gasteiger partial charge < -0.3 is 9.73 Å². The van der Waals surface area contributed by atoms with Crippen LogP contribution in [0.4, 0.5) is 5.69 Å². The minimum atomic E-state index is -0.225. The van der Waals surface area contributed by atoms with Crippen molar-refractivity contribution in [1.29, 1.82) is 0 Å². The maximum atomic E-state index is 12.1. The number of carbonyl (C=O) groups is 1. The standard InChI is InChI=1S/C21H17Cl2NO2/c1-13-5-3-8-18(14(13)2)24-20(25)12-10-15-9-11-19(26-15)16-6-4-7-17(22)21(16)23/h3-12H,1-2H3,(H,24,25). The monoisotopic (exact) mass is 385 g/mol. The van der Waals surface area contributed by atoms with Gasteiger partial charge in [0.25, 0.3) is 0 Å². The van der Waals surface area contributed by atoms with Crippen molar-refractivity contribution in [3.63, 3.8) is 0 Å². The zero-order valence-corrected chi connectivity index (χ0v) is 15.9. The Morgan fingerprint density at radius 1 is 1.04 bits per heavy atom. The molecule has 0 radical (unpaired) electrons. The molecule has 0 bridgehead atoms. The Hall–Kier alpha value is -2.49. The number of furan rings is 1. The first-order valence-electron chi connectivity index (χ1n) is 8.05. The highest BCUT2D eigenvalue weighted by Gasteiger charge is 2.10. The van der Waals surface area contributed by atoms with E-state index in [1.54, 1.807) is 30.3 Å². The van der Waals surface area contributed by atoms with Crippen LogP contribution in [0.5, 0.6) is 0 Å². The summed E-state index contributed by atoms with van der Waals surface area (Å²) in [4.78, 5) is 12.1. The van der Waals surface area contributed by atoms with Gasteiger partial charge in [-0.1, -0.05) is 41.4 Å². The van der Waals surface area contributed by atoms with Gasteiger partial charge in [-0.2, -0.15) is 0 Å². The second kappa shape index (κ2) is 7.81. The molecular formula is C21H17Cl2NO2. The molecule has 3 nitrogen and oxygen atoms in total. The Morgan fingerprint density at radius 2 is 1.81 bits per heavy atom. The lowest BCUT2D eigenvalue weighted by Gasteiger charge is -2.08. The van der Waals surface area contributed by atoms with Crippen molar-refractivity contribution in [2.45, 2.75) is 13.8 Å². The molecule has 5 heteroatoms. The van der Waals surface area contributed by atoms with Crippen molar-refractivity contribution in [2.75, 3.05) is 5.32 Å². The summed E-state index contributed by atoms with van der Waals surface area (Å²) >= 11 is 12.2. The number of aryl methyl sites for hydroxylation is 1. The van der Waals surface area contributed by atoms with Crippen LogP contribution >= 0.6 is 23.2 Å². The summed E-state index contributed by atoms with van der Waals surface area (Å²) in [6.45, 7) is 3.98. The van der Waals surface area contributed by atoms with Gasteiger partial charge in [0, 0.05) is 17.3 Å². The van der Waals surface area contributed by atoms with Gasteiger partial charge in [-0.25, -0.2) is 0 Å². The average Bonchev–Trinajstić information content (AvgIpc) is 3.08. The van der Waals surface area contributed by atoms with Gasteiger partial charge in [-0.3, -0.25) is 4.79 Å². The average molecular weight is 386 g/mol. The predicted molar refractivity (Wildman–Crippen MR) is 108 cm³/mol. The first-order chi connectivity index (χ1) is 12.5. The number of carbonyl (C=O) groups excluding carboxylic acids is 1. The van der Waals surface area contributed by atoms with Crippen molar-refractivity contribution in [3.05, 3.63) is 81.5 Å². The second-order valence-corrected chi connectivity index (χ2v) is 6.66. The molecule has 26 heavy (non-hydrogen) atoms.